The lowest BCUT2D eigenvalue weighted by atomic mass is 10.1. The van der Waals surface area contributed by atoms with E-state index in [9.17, 15) is 9.18 Å². The molecule has 0 bridgehead atoms. The van der Waals surface area contributed by atoms with Crippen LogP contribution in [0.25, 0.3) is 11.0 Å². The molecule has 6 heteroatoms. The lowest BCUT2D eigenvalue weighted by Crippen LogP contribution is -2.14. The molecule has 2 N–H and O–H groups in total. The number of hydrogen-bond donors (Lipinski definition) is 2. The van der Waals surface area contributed by atoms with Gasteiger partial charge in [0.25, 0.3) is 5.91 Å². The van der Waals surface area contributed by atoms with Crippen LogP contribution in [0, 0.1) is 5.82 Å². The Bertz CT molecular complexity index is 831. The Morgan fingerprint density at radius 2 is 1.95 bits per heavy atom. The number of para-hydroxylation sites is 1. The van der Waals surface area contributed by atoms with Crippen molar-refractivity contribution in [3.63, 3.8) is 0 Å². The van der Waals surface area contributed by atoms with Gasteiger partial charge in [-0.2, -0.15) is 0 Å². The number of amides is 1. The molecule has 21 heavy (non-hydrogen) atoms. The lowest BCUT2D eigenvalue weighted by Gasteiger charge is -2.08. The van der Waals surface area contributed by atoms with Gasteiger partial charge in [-0.05, 0) is 24.3 Å². The Kier molecular flexibility index (Phi) is 3.19. The van der Waals surface area contributed by atoms with Gasteiger partial charge in [-0.1, -0.05) is 6.07 Å². The molecule has 3 aromatic rings. The third-order valence-corrected chi connectivity index (χ3v) is 2.94. The smallest absolute Gasteiger partial charge is 0.258 e. The van der Waals surface area contributed by atoms with Gasteiger partial charge in [0.05, 0.1) is 16.8 Å². The van der Waals surface area contributed by atoms with Crippen molar-refractivity contribution in [3.8, 4) is 5.75 Å². The predicted octanol–water partition coefficient (Wildman–Crippen LogP) is 2.73. The largest absolute Gasteiger partial charge is 0.508 e. The van der Waals surface area contributed by atoms with Crippen LogP contribution in [0.1, 0.15) is 10.4 Å². The van der Waals surface area contributed by atoms with E-state index in [4.69, 9.17) is 5.11 Å². The summed E-state index contributed by atoms with van der Waals surface area (Å²) in [5.74, 6) is -1.41. The first-order valence-electron chi connectivity index (χ1n) is 6.15. The molecule has 3 rings (SSSR count). The summed E-state index contributed by atoms with van der Waals surface area (Å²) in [6.07, 6.45) is 3.02. The summed E-state index contributed by atoms with van der Waals surface area (Å²) in [5.41, 5.74) is 1.31. The number of carbonyl (C=O) groups excluding carboxylic acids is 1. The molecule has 0 atom stereocenters. The van der Waals surface area contributed by atoms with E-state index < -0.39 is 11.7 Å². The number of aromatic nitrogens is 2. The van der Waals surface area contributed by atoms with Crippen molar-refractivity contribution in [2.45, 2.75) is 0 Å². The summed E-state index contributed by atoms with van der Waals surface area (Å²) < 4.78 is 13.6. The van der Waals surface area contributed by atoms with Crippen molar-refractivity contribution in [2.75, 3.05) is 5.32 Å². The van der Waals surface area contributed by atoms with Gasteiger partial charge in [0.2, 0.25) is 0 Å². The number of halogens is 1. The minimum atomic E-state index is -0.713. The maximum atomic E-state index is 13.6. The van der Waals surface area contributed by atoms with Gasteiger partial charge in [-0.15, -0.1) is 0 Å². The number of aromatic hydroxyl groups is 1. The van der Waals surface area contributed by atoms with E-state index >= 15 is 0 Å². The van der Waals surface area contributed by atoms with Crippen LogP contribution in [0.5, 0.6) is 5.75 Å². The Balaban J connectivity index is 1.97. The first-order chi connectivity index (χ1) is 10.1. The van der Waals surface area contributed by atoms with Gasteiger partial charge >= 0.3 is 0 Å². The minimum Gasteiger partial charge on any atom is -0.508 e. The highest BCUT2D eigenvalue weighted by atomic mass is 19.1. The minimum absolute atomic E-state index is 0.0151. The zero-order valence-corrected chi connectivity index (χ0v) is 10.7. The topological polar surface area (TPSA) is 75.1 Å². The van der Waals surface area contributed by atoms with Crippen molar-refractivity contribution < 1.29 is 14.3 Å². The number of hydrogen-bond acceptors (Lipinski definition) is 4. The van der Waals surface area contributed by atoms with Crippen LogP contribution in [-0.4, -0.2) is 21.0 Å². The molecular formula is C15H10FN3O2. The molecule has 0 aliphatic rings. The zero-order valence-electron chi connectivity index (χ0n) is 10.7. The van der Waals surface area contributed by atoms with Crippen LogP contribution in [0.15, 0.2) is 48.8 Å². The molecule has 1 aromatic heterocycles. The monoisotopic (exact) mass is 283 g/mol. The van der Waals surface area contributed by atoms with Crippen LogP contribution in [0.2, 0.25) is 0 Å². The number of carbonyl (C=O) groups is 1. The van der Waals surface area contributed by atoms with Crippen molar-refractivity contribution in [1.82, 2.24) is 9.97 Å². The number of benzene rings is 2. The second-order valence-corrected chi connectivity index (χ2v) is 4.35. The van der Waals surface area contributed by atoms with E-state index in [-0.39, 0.29) is 11.4 Å². The first-order valence-corrected chi connectivity index (χ1v) is 6.15. The second kappa shape index (κ2) is 5.16. The molecule has 104 valence electrons. The van der Waals surface area contributed by atoms with Crippen molar-refractivity contribution in [3.05, 3.63) is 60.2 Å². The highest BCUT2D eigenvalue weighted by Crippen LogP contribution is 2.21. The van der Waals surface area contributed by atoms with E-state index in [1.807, 2.05) is 0 Å². The Hall–Kier alpha value is -3.02. The van der Waals surface area contributed by atoms with E-state index in [0.29, 0.717) is 16.6 Å². The highest BCUT2D eigenvalue weighted by molar-refractivity contribution is 6.11. The fourth-order valence-corrected chi connectivity index (χ4v) is 1.97. The number of nitrogens with one attached hydrogen (secondary N) is 1. The maximum absolute atomic E-state index is 13.6. The number of rotatable bonds is 2. The Morgan fingerprint density at radius 1 is 1.14 bits per heavy atom. The molecule has 0 radical (unpaired) electrons. The molecule has 5 nitrogen and oxygen atoms in total. The van der Waals surface area contributed by atoms with Crippen LogP contribution in [0.3, 0.4) is 0 Å². The quantitative estimate of drug-likeness (QED) is 0.709. The van der Waals surface area contributed by atoms with Crippen LogP contribution >= 0.6 is 0 Å². The Morgan fingerprint density at radius 3 is 2.76 bits per heavy atom. The Labute approximate surface area is 119 Å². The maximum Gasteiger partial charge on any atom is 0.258 e. The number of phenolic OH excluding ortho intramolecular Hbond substituents is 1. The van der Waals surface area contributed by atoms with Gasteiger partial charge in [-0.25, -0.2) is 4.39 Å². The number of phenols is 1. The van der Waals surface area contributed by atoms with E-state index in [2.05, 4.69) is 15.3 Å². The molecule has 1 heterocycles. The fraction of sp³-hybridized carbons (Fsp3) is 0. The standard InChI is InChI=1S/C15H10FN3O2/c16-11-8-9(20)4-5-12(11)19-15(21)10-2-1-3-13-14(10)18-7-6-17-13/h1-8,20H,(H,19,21). The van der Waals surface area contributed by atoms with Crippen LogP contribution in [-0.2, 0) is 0 Å². The van der Waals surface area contributed by atoms with Gasteiger partial charge in [0.15, 0.2) is 0 Å². The van der Waals surface area contributed by atoms with Crippen molar-refractivity contribution >= 4 is 22.6 Å². The molecule has 0 saturated heterocycles. The summed E-state index contributed by atoms with van der Waals surface area (Å²) in [6.45, 7) is 0. The van der Waals surface area contributed by atoms with Crippen molar-refractivity contribution in [1.29, 1.82) is 0 Å². The molecule has 2 aromatic carbocycles. The number of fused-ring (bicyclic) bond motifs is 1. The molecule has 0 aliphatic heterocycles. The second-order valence-electron chi connectivity index (χ2n) is 4.35. The molecule has 0 unspecified atom stereocenters. The first kappa shape index (κ1) is 13.0. The summed E-state index contributed by atoms with van der Waals surface area (Å²) in [6, 6.07) is 8.52. The van der Waals surface area contributed by atoms with Gasteiger partial charge < -0.3 is 10.4 Å². The summed E-state index contributed by atoms with van der Waals surface area (Å²) in [5, 5.41) is 11.6. The molecular weight excluding hydrogens is 273 g/mol. The summed E-state index contributed by atoms with van der Waals surface area (Å²) in [7, 11) is 0. The number of anilines is 1. The molecule has 0 spiro atoms. The highest BCUT2D eigenvalue weighted by Gasteiger charge is 2.13. The van der Waals surface area contributed by atoms with Crippen molar-refractivity contribution in [2.24, 2.45) is 0 Å². The van der Waals surface area contributed by atoms with Gasteiger partial charge in [-0.3, -0.25) is 14.8 Å². The lowest BCUT2D eigenvalue weighted by molar-refractivity contribution is 0.102. The number of nitrogens with zero attached hydrogens (tertiary/aromatic N) is 2. The molecule has 1 amide bonds. The van der Waals surface area contributed by atoms with Gasteiger partial charge in [0.1, 0.15) is 17.1 Å². The third kappa shape index (κ3) is 2.51. The summed E-state index contributed by atoms with van der Waals surface area (Å²) in [4.78, 5) is 20.5. The van der Waals surface area contributed by atoms with Gasteiger partial charge in [0, 0.05) is 18.5 Å². The van der Waals surface area contributed by atoms with E-state index in [1.165, 1.54) is 24.5 Å². The van der Waals surface area contributed by atoms with E-state index in [0.717, 1.165) is 6.07 Å². The zero-order chi connectivity index (χ0) is 14.8. The summed E-state index contributed by atoms with van der Waals surface area (Å²) >= 11 is 0. The SMILES string of the molecule is O=C(Nc1ccc(O)cc1F)c1cccc2nccnc12. The molecule has 0 saturated carbocycles. The van der Waals surface area contributed by atoms with Crippen LogP contribution in [0.4, 0.5) is 10.1 Å². The van der Waals surface area contributed by atoms with E-state index in [1.54, 1.807) is 18.2 Å². The third-order valence-electron chi connectivity index (χ3n) is 2.94. The average molecular weight is 283 g/mol. The normalized spacial score (nSPS) is 10.5. The molecule has 0 fully saturated rings. The molecule has 0 aliphatic carbocycles. The average Bonchev–Trinajstić information content (AvgIpc) is 2.49. The van der Waals surface area contributed by atoms with Crippen LogP contribution < -0.4 is 5.32 Å². The predicted molar refractivity (Wildman–Crippen MR) is 75.6 cm³/mol. The fourth-order valence-electron chi connectivity index (χ4n) is 1.97.